The summed E-state index contributed by atoms with van der Waals surface area (Å²) in [6.07, 6.45) is 5.54. The predicted molar refractivity (Wildman–Crippen MR) is 107 cm³/mol. The summed E-state index contributed by atoms with van der Waals surface area (Å²) in [4.78, 5) is 12.2. The molecule has 2 aromatic rings. The first kappa shape index (κ1) is 21.6. The van der Waals surface area contributed by atoms with Crippen LogP contribution in [0.2, 0.25) is 5.02 Å². The zero-order chi connectivity index (χ0) is 21.0. The Hall–Kier alpha value is -2.15. The number of benzene rings is 1. The third-order valence-electron chi connectivity index (χ3n) is 5.22. The molecule has 29 heavy (non-hydrogen) atoms. The molecule has 0 atom stereocenters. The zero-order valence-corrected chi connectivity index (χ0v) is 17.3. The smallest absolute Gasteiger partial charge is 0.387 e. The van der Waals surface area contributed by atoms with Crippen LogP contribution in [0.1, 0.15) is 67.9 Å². The monoisotopic (exact) mass is 426 g/mol. The number of hydrogen-bond acceptors (Lipinski definition) is 4. The van der Waals surface area contributed by atoms with Crippen molar-refractivity contribution in [1.29, 1.82) is 0 Å². The van der Waals surface area contributed by atoms with Gasteiger partial charge in [-0.25, -0.2) is 4.79 Å². The quantitative estimate of drug-likeness (QED) is 0.506. The number of alkyl halides is 2. The van der Waals surface area contributed by atoms with E-state index >= 15 is 0 Å². The first-order chi connectivity index (χ1) is 14.0. The highest BCUT2D eigenvalue weighted by Gasteiger charge is 2.27. The standard InChI is InChI=1S/C21H25ClF2N2O3/c1-3-26-19(17(22)18(25-26)20(27)28-4-2)15-11-10-14(12-16(15)29-21(23)24)13-8-6-5-7-9-13/h10-13,21H,3-9H2,1-2H3. The molecule has 1 saturated carbocycles. The third-order valence-corrected chi connectivity index (χ3v) is 5.57. The molecule has 0 N–H and O–H groups in total. The first-order valence-electron chi connectivity index (χ1n) is 9.98. The fraction of sp³-hybridized carbons (Fsp3) is 0.524. The van der Waals surface area contributed by atoms with Gasteiger partial charge in [-0.2, -0.15) is 13.9 Å². The fourth-order valence-corrected chi connectivity index (χ4v) is 4.19. The van der Waals surface area contributed by atoms with E-state index in [0.717, 1.165) is 31.2 Å². The van der Waals surface area contributed by atoms with Crippen LogP contribution < -0.4 is 4.74 Å². The van der Waals surface area contributed by atoms with E-state index in [4.69, 9.17) is 21.1 Å². The number of halogens is 3. The molecule has 0 saturated heterocycles. The van der Waals surface area contributed by atoms with Gasteiger partial charge in [0.1, 0.15) is 10.8 Å². The van der Waals surface area contributed by atoms with Crippen LogP contribution in [0.5, 0.6) is 5.75 Å². The van der Waals surface area contributed by atoms with Gasteiger partial charge >= 0.3 is 12.6 Å². The van der Waals surface area contributed by atoms with Crippen LogP contribution in [0.25, 0.3) is 11.3 Å². The van der Waals surface area contributed by atoms with E-state index in [1.807, 2.05) is 13.0 Å². The summed E-state index contributed by atoms with van der Waals surface area (Å²) in [5.74, 6) is -0.282. The van der Waals surface area contributed by atoms with E-state index in [1.165, 1.54) is 11.1 Å². The number of nitrogens with zero attached hydrogens (tertiary/aromatic N) is 2. The third kappa shape index (κ3) is 4.71. The molecule has 1 heterocycles. The number of hydrogen-bond donors (Lipinski definition) is 0. The molecule has 1 aromatic heterocycles. The van der Waals surface area contributed by atoms with Crippen LogP contribution in [-0.2, 0) is 11.3 Å². The van der Waals surface area contributed by atoms with Crippen molar-refractivity contribution in [2.24, 2.45) is 0 Å². The topological polar surface area (TPSA) is 53.3 Å². The lowest BCUT2D eigenvalue weighted by Gasteiger charge is -2.23. The van der Waals surface area contributed by atoms with Crippen LogP contribution in [0, 0.1) is 0 Å². The molecule has 3 rings (SSSR count). The molecule has 0 unspecified atom stereocenters. The summed E-state index contributed by atoms with van der Waals surface area (Å²) < 4.78 is 37.7. The first-order valence-corrected chi connectivity index (χ1v) is 10.4. The normalized spacial score (nSPS) is 15.0. The molecule has 1 aromatic carbocycles. The van der Waals surface area contributed by atoms with Crippen LogP contribution in [-0.4, -0.2) is 29.0 Å². The average molecular weight is 427 g/mol. The SMILES string of the molecule is CCOC(=O)c1nn(CC)c(-c2ccc(C3CCCCC3)cc2OC(F)F)c1Cl. The van der Waals surface area contributed by atoms with Crippen LogP contribution in [0.3, 0.4) is 0 Å². The van der Waals surface area contributed by atoms with Gasteiger partial charge in [-0.1, -0.05) is 36.9 Å². The summed E-state index contributed by atoms with van der Waals surface area (Å²) in [5, 5.41) is 4.29. The van der Waals surface area contributed by atoms with Crippen molar-refractivity contribution in [2.75, 3.05) is 6.61 Å². The second-order valence-corrected chi connectivity index (χ2v) is 7.39. The molecular weight excluding hydrogens is 402 g/mol. The molecule has 0 aliphatic heterocycles. The van der Waals surface area contributed by atoms with Gasteiger partial charge in [0.05, 0.1) is 12.3 Å². The van der Waals surface area contributed by atoms with Crippen LogP contribution >= 0.6 is 11.6 Å². The van der Waals surface area contributed by atoms with Crippen molar-refractivity contribution in [3.8, 4) is 17.0 Å². The molecule has 5 nitrogen and oxygen atoms in total. The lowest BCUT2D eigenvalue weighted by molar-refractivity contribution is -0.0495. The Bertz CT molecular complexity index is 864. The average Bonchev–Trinajstić information content (AvgIpc) is 3.04. The van der Waals surface area contributed by atoms with Crippen LogP contribution in [0.4, 0.5) is 8.78 Å². The maximum absolute atomic E-state index is 13.2. The highest BCUT2D eigenvalue weighted by atomic mass is 35.5. The molecule has 158 valence electrons. The van der Waals surface area contributed by atoms with Crippen molar-refractivity contribution in [3.05, 3.63) is 34.5 Å². The molecular formula is C21H25ClF2N2O3. The molecule has 0 radical (unpaired) electrons. The van der Waals surface area contributed by atoms with Gasteiger partial charge in [-0.3, -0.25) is 4.68 Å². The van der Waals surface area contributed by atoms with Gasteiger partial charge < -0.3 is 9.47 Å². The van der Waals surface area contributed by atoms with E-state index in [0.29, 0.717) is 23.7 Å². The molecule has 1 aliphatic rings. The Kier molecular flexibility index (Phi) is 7.11. The van der Waals surface area contributed by atoms with Gasteiger partial charge in [0.25, 0.3) is 0 Å². The maximum atomic E-state index is 13.2. The van der Waals surface area contributed by atoms with Gasteiger partial charge in [0.15, 0.2) is 5.69 Å². The lowest BCUT2D eigenvalue weighted by atomic mass is 9.83. The minimum Gasteiger partial charge on any atom is -0.461 e. The summed E-state index contributed by atoms with van der Waals surface area (Å²) in [5.41, 5.74) is 1.68. The van der Waals surface area contributed by atoms with E-state index in [-0.39, 0.29) is 23.1 Å². The summed E-state index contributed by atoms with van der Waals surface area (Å²) in [7, 11) is 0. The number of ether oxygens (including phenoxy) is 2. The minimum absolute atomic E-state index is 0.0370. The Morgan fingerprint density at radius 1 is 1.28 bits per heavy atom. The highest BCUT2D eigenvalue weighted by Crippen LogP contribution is 2.41. The van der Waals surface area contributed by atoms with Crippen molar-refractivity contribution >= 4 is 17.6 Å². The molecule has 0 spiro atoms. The molecule has 1 aliphatic carbocycles. The molecule has 0 amide bonds. The number of aryl methyl sites for hydroxylation is 1. The van der Waals surface area contributed by atoms with E-state index in [1.54, 1.807) is 19.1 Å². The number of carbonyl (C=O) groups is 1. The van der Waals surface area contributed by atoms with E-state index in [2.05, 4.69) is 5.10 Å². The molecule has 1 fully saturated rings. The van der Waals surface area contributed by atoms with Crippen molar-refractivity contribution in [2.45, 2.75) is 65.0 Å². The Balaban J connectivity index is 2.08. The van der Waals surface area contributed by atoms with Crippen LogP contribution in [0.15, 0.2) is 18.2 Å². The number of carbonyl (C=O) groups excluding carboxylic acids is 1. The summed E-state index contributed by atoms with van der Waals surface area (Å²) in [6, 6.07) is 5.33. The number of aromatic nitrogens is 2. The summed E-state index contributed by atoms with van der Waals surface area (Å²) >= 11 is 6.44. The molecule has 0 bridgehead atoms. The Morgan fingerprint density at radius 2 is 2.00 bits per heavy atom. The van der Waals surface area contributed by atoms with Gasteiger partial charge in [0, 0.05) is 12.1 Å². The van der Waals surface area contributed by atoms with Crippen molar-refractivity contribution < 1.29 is 23.0 Å². The van der Waals surface area contributed by atoms with Gasteiger partial charge in [-0.15, -0.1) is 0 Å². The van der Waals surface area contributed by atoms with Crippen molar-refractivity contribution in [3.63, 3.8) is 0 Å². The fourth-order valence-electron chi connectivity index (χ4n) is 3.87. The minimum atomic E-state index is -2.98. The Labute approximate surface area is 173 Å². The second kappa shape index (κ2) is 9.57. The van der Waals surface area contributed by atoms with Crippen molar-refractivity contribution in [1.82, 2.24) is 9.78 Å². The lowest BCUT2D eigenvalue weighted by Crippen LogP contribution is -2.09. The van der Waals surface area contributed by atoms with E-state index < -0.39 is 12.6 Å². The van der Waals surface area contributed by atoms with Gasteiger partial charge in [-0.05, 0) is 50.3 Å². The van der Waals surface area contributed by atoms with Gasteiger partial charge in [0.2, 0.25) is 0 Å². The number of rotatable bonds is 7. The predicted octanol–water partition coefficient (Wildman–Crippen LogP) is 6.05. The summed E-state index contributed by atoms with van der Waals surface area (Å²) in [6.45, 7) is 1.11. The zero-order valence-electron chi connectivity index (χ0n) is 16.6. The largest absolute Gasteiger partial charge is 0.461 e. The highest BCUT2D eigenvalue weighted by molar-refractivity contribution is 6.36. The number of esters is 1. The van der Waals surface area contributed by atoms with E-state index in [9.17, 15) is 13.6 Å². The Morgan fingerprint density at radius 3 is 2.62 bits per heavy atom. The molecule has 8 heteroatoms. The maximum Gasteiger partial charge on any atom is 0.387 e. The second-order valence-electron chi connectivity index (χ2n) is 7.02.